The molecule has 0 fully saturated rings. The predicted octanol–water partition coefficient (Wildman–Crippen LogP) is 4.69. The summed E-state index contributed by atoms with van der Waals surface area (Å²) in [6.45, 7) is 0.318. The maximum Gasteiger partial charge on any atom is 0.267 e. The number of nitrogens with one attached hydrogen (secondary N) is 2. The van der Waals surface area contributed by atoms with Crippen molar-refractivity contribution >= 4 is 52.2 Å². The molecule has 0 saturated carbocycles. The van der Waals surface area contributed by atoms with Crippen LogP contribution in [0, 0.1) is 4.77 Å². The fourth-order valence-electron chi connectivity index (χ4n) is 3.19. The number of fused-ring (bicyclic) bond motifs is 1. The number of hydrogen-bond donors (Lipinski definition) is 2. The van der Waals surface area contributed by atoms with E-state index in [1.54, 1.807) is 42.5 Å². The molecule has 162 valence electrons. The Balaban J connectivity index is 1.66. The van der Waals surface area contributed by atoms with Crippen molar-refractivity contribution < 1.29 is 9.53 Å². The second-order valence-corrected chi connectivity index (χ2v) is 7.99. The molecule has 0 atom stereocenters. The van der Waals surface area contributed by atoms with Crippen LogP contribution in [0.5, 0.6) is 5.75 Å². The van der Waals surface area contributed by atoms with Crippen LogP contribution in [0.4, 0.5) is 0 Å². The Hall–Kier alpha value is -3.20. The van der Waals surface area contributed by atoms with Gasteiger partial charge in [-0.05, 0) is 60.2 Å². The van der Waals surface area contributed by atoms with Gasteiger partial charge in [-0.3, -0.25) is 9.59 Å². The summed E-state index contributed by atoms with van der Waals surface area (Å²) < 4.78 is 6.45. The lowest BCUT2D eigenvalue weighted by atomic mass is 10.1. The van der Waals surface area contributed by atoms with Gasteiger partial charge in [0, 0.05) is 17.1 Å². The van der Waals surface area contributed by atoms with E-state index in [1.165, 1.54) is 11.7 Å². The number of rotatable bonds is 5. The van der Waals surface area contributed by atoms with Crippen molar-refractivity contribution in [2.24, 2.45) is 0 Å². The molecule has 0 aliphatic heterocycles. The average molecular weight is 487 g/mol. The summed E-state index contributed by atoms with van der Waals surface area (Å²) in [4.78, 5) is 32.9. The molecule has 0 spiro atoms. The van der Waals surface area contributed by atoms with Crippen LogP contribution in [0.3, 0.4) is 0 Å². The Morgan fingerprint density at radius 1 is 1.19 bits per heavy atom. The summed E-state index contributed by atoms with van der Waals surface area (Å²) in [5.41, 5.74) is 1.31. The minimum absolute atomic E-state index is 0.109. The number of carbonyl (C=O) groups excluding carboxylic acids is 1. The minimum atomic E-state index is -0.386. The molecule has 0 unspecified atom stereocenters. The molecule has 0 radical (unpaired) electrons. The maximum atomic E-state index is 13.1. The van der Waals surface area contributed by atoms with Crippen LogP contribution in [0.15, 0.2) is 59.4 Å². The molecule has 4 rings (SSSR count). The second-order valence-electron chi connectivity index (χ2n) is 6.81. The highest BCUT2D eigenvalue weighted by Crippen LogP contribution is 2.23. The summed E-state index contributed by atoms with van der Waals surface area (Å²) >= 11 is 17.4. The van der Waals surface area contributed by atoms with Crippen LogP contribution in [-0.4, -0.2) is 27.6 Å². The van der Waals surface area contributed by atoms with Gasteiger partial charge in [-0.15, -0.1) is 0 Å². The lowest BCUT2D eigenvalue weighted by Gasteiger charge is -2.10. The van der Waals surface area contributed by atoms with E-state index in [2.05, 4.69) is 15.3 Å². The van der Waals surface area contributed by atoms with Crippen LogP contribution in [-0.2, 0) is 6.54 Å². The quantitative estimate of drug-likeness (QED) is 0.315. The molecule has 0 bridgehead atoms. The number of aromatic nitrogens is 3. The Kier molecular flexibility index (Phi) is 6.27. The Morgan fingerprint density at radius 3 is 2.72 bits per heavy atom. The number of nitrogens with zero attached hydrogens (tertiary/aromatic N) is 2. The largest absolute Gasteiger partial charge is 0.494 e. The third-order valence-corrected chi connectivity index (χ3v) is 5.54. The SMILES string of the molecule is COc1ccc(-n2c(=S)[nH]c3cc(C(=O)NCc4cccc(Cl)c4)ccc3c2=O)nc1Cl. The molecule has 2 aromatic heterocycles. The van der Waals surface area contributed by atoms with E-state index in [1.807, 2.05) is 12.1 Å². The molecule has 4 aromatic rings. The molecule has 2 heterocycles. The van der Waals surface area contributed by atoms with Gasteiger partial charge in [-0.1, -0.05) is 35.3 Å². The van der Waals surface area contributed by atoms with Gasteiger partial charge in [0.05, 0.1) is 18.0 Å². The molecule has 1 amide bonds. The highest BCUT2D eigenvalue weighted by Gasteiger charge is 2.13. The first-order valence-electron chi connectivity index (χ1n) is 9.40. The van der Waals surface area contributed by atoms with Gasteiger partial charge in [-0.2, -0.15) is 0 Å². The monoisotopic (exact) mass is 486 g/mol. The zero-order valence-corrected chi connectivity index (χ0v) is 19.0. The smallest absolute Gasteiger partial charge is 0.267 e. The van der Waals surface area contributed by atoms with E-state index in [4.69, 9.17) is 40.2 Å². The fourth-order valence-corrected chi connectivity index (χ4v) is 3.91. The number of halogens is 2. The number of hydrogen-bond acceptors (Lipinski definition) is 5. The van der Waals surface area contributed by atoms with E-state index in [9.17, 15) is 9.59 Å². The molecule has 0 aliphatic rings. The van der Waals surface area contributed by atoms with E-state index in [-0.39, 0.29) is 27.2 Å². The molecule has 0 saturated heterocycles. The van der Waals surface area contributed by atoms with Crippen LogP contribution < -0.4 is 15.6 Å². The van der Waals surface area contributed by atoms with E-state index < -0.39 is 0 Å². The number of H-pyrrole nitrogens is 1. The first-order chi connectivity index (χ1) is 15.4. The number of aromatic amines is 1. The Morgan fingerprint density at radius 2 is 2.00 bits per heavy atom. The third kappa shape index (κ3) is 4.38. The van der Waals surface area contributed by atoms with Crippen molar-refractivity contribution in [2.45, 2.75) is 6.54 Å². The van der Waals surface area contributed by atoms with Gasteiger partial charge in [-0.25, -0.2) is 9.55 Å². The molecule has 32 heavy (non-hydrogen) atoms. The second kappa shape index (κ2) is 9.12. The van der Waals surface area contributed by atoms with Crippen molar-refractivity contribution in [3.05, 3.63) is 91.0 Å². The lowest BCUT2D eigenvalue weighted by Crippen LogP contribution is -2.24. The topological polar surface area (TPSA) is 89.0 Å². The standard InChI is InChI=1S/C22H16Cl2N4O3S/c1-31-17-7-8-18(27-19(17)24)28-21(30)15-6-5-13(10-16(15)26-22(28)32)20(29)25-11-12-3-2-4-14(23)9-12/h2-10H,11H2,1H3,(H,25,29)(H,26,32). The van der Waals surface area contributed by atoms with Gasteiger partial charge >= 0.3 is 0 Å². The third-order valence-electron chi connectivity index (χ3n) is 4.75. The summed E-state index contributed by atoms with van der Waals surface area (Å²) in [7, 11) is 1.47. The van der Waals surface area contributed by atoms with E-state index >= 15 is 0 Å². The lowest BCUT2D eigenvalue weighted by molar-refractivity contribution is 0.0951. The van der Waals surface area contributed by atoms with Gasteiger partial charge in [0.25, 0.3) is 11.5 Å². The number of ether oxygens (including phenoxy) is 1. The zero-order valence-electron chi connectivity index (χ0n) is 16.7. The summed E-state index contributed by atoms with van der Waals surface area (Å²) in [5.74, 6) is 0.346. The summed E-state index contributed by atoms with van der Waals surface area (Å²) in [6.07, 6.45) is 0. The summed E-state index contributed by atoms with van der Waals surface area (Å²) in [5, 5.41) is 3.88. The zero-order chi connectivity index (χ0) is 22.8. The van der Waals surface area contributed by atoms with Crippen LogP contribution in [0.25, 0.3) is 16.7 Å². The van der Waals surface area contributed by atoms with Crippen LogP contribution in [0.1, 0.15) is 15.9 Å². The summed E-state index contributed by atoms with van der Waals surface area (Å²) in [6, 6.07) is 15.1. The van der Waals surface area contributed by atoms with Crippen molar-refractivity contribution in [1.82, 2.24) is 19.9 Å². The molecule has 2 N–H and O–H groups in total. The minimum Gasteiger partial charge on any atom is -0.494 e. The molecule has 0 aliphatic carbocycles. The van der Waals surface area contributed by atoms with Crippen molar-refractivity contribution in [2.75, 3.05) is 7.11 Å². The molecule has 2 aromatic carbocycles. The van der Waals surface area contributed by atoms with Crippen molar-refractivity contribution in [3.8, 4) is 11.6 Å². The Bertz CT molecular complexity index is 1470. The van der Waals surface area contributed by atoms with Gasteiger partial charge in [0.15, 0.2) is 15.7 Å². The van der Waals surface area contributed by atoms with E-state index in [0.29, 0.717) is 33.8 Å². The first kappa shape index (κ1) is 22.0. The van der Waals surface area contributed by atoms with Crippen molar-refractivity contribution in [3.63, 3.8) is 0 Å². The number of amides is 1. The van der Waals surface area contributed by atoms with Crippen LogP contribution in [0.2, 0.25) is 10.2 Å². The van der Waals surface area contributed by atoms with Gasteiger partial charge < -0.3 is 15.0 Å². The highest BCUT2D eigenvalue weighted by molar-refractivity contribution is 7.71. The normalized spacial score (nSPS) is 10.8. The Labute approximate surface area is 197 Å². The van der Waals surface area contributed by atoms with Gasteiger partial charge in [0.2, 0.25) is 0 Å². The molecule has 7 nitrogen and oxygen atoms in total. The molecular formula is C22H16Cl2N4O3S. The fraction of sp³-hybridized carbons (Fsp3) is 0.0909. The van der Waals surface area contributed by atoms with Crippen molar-refractivity contribution in [1.29, 1.82) is 0 Å². The molecular weight excluding hydrogens is 471 g/mol. The number of methoxy groups -OCH3 is 1. The predicted molar refractivity (Wildman–Crippen MR) is 127 cm³/mol. The number of benzene rings is 2. The maximum absolute atomic E-state index is 13.1. The number of pyridine rings is 1. The van der Waals surface area contributed by atoms with Crippen LogP contribution >= 0.6 is 35.4 Å². The average Bonchev–Trinajstić information content (AvgIpc) is 2.77. The van der Waals surface area contributed by atoms with E-state index in [0.717, 1.165) is 5.56 Å². The molecule has 10 heteroatoms. The van der Waals surface area contributed by atoms with Gasteiger partial charge in [0.1, 0.15) is 5.82 Å². The number of carbonyl (C=O) groups is 1. The first-order valence-corrected chi connectivity index (χ1v) is 10.6. The highest BCUT2D eigenvalue weighted by atomic mass is 35.5.